The number of amides is 4. The second kappa shape index (κ2) is 13.6. The fraction of sp³-hybridized carbons (Fsp3) is 0.559. The lowest BCUT2D eigenvalue weighted by atomic mass is 9.81. The molecule has 5 aliphatic rings. The SMILES string of the molecule is CC1(C)S[C@@H]2[C@H](NC(=O)C3(N)CCCCC3)C(=O)N2[C@H]1C(=O)O.Cc1onc(-c2ccccc2Cl)c1C(=O)N[C@@H]1C(=O)N2[C@@H]1SC(C)(C)[C@@H]2C(=O)O. The summed E-state index contributed by atoms with van der Waals surface area (Å²) >= 11 is 9.01. The fourth-order valence-corrected chi connectivity index (χ4v) is 11.2. The fourth-order valence-electron chi connectivity index (χ4n) is 7.68. The van der Waals surface area contributed by atoms with Gasteiger partial charge in [-0.3, -0.25) is 19.2 Å². The van der Waals surface area contributed by atoms with Crippen LogP contribution in [-0.4, -0.2) is 111 Å². The van der Waals surface area contributed by atoms with E-state index < -0.39 is 68.3 Å². The summed E-state index contributed by atoms with van der Waals surface area (Å²) in [4.78, 5) is 76.3. The molecule has 18 heteroatoms. The minimum absolute atomic E-state index is 0.196. The van der Waals surface area contributed by atoms with E-state index in [4.69, 9.17) is 21.9 Å². The summed E-state index contributed by atoms with van der Waals surface area (Å²) in [6.45, 7) is 8.78. The van der Waals surface area contributed by atoms with Crippen LogP contribution in [0.25, 0.3) is 11.3 Å². The highest BCUT2D eigenvalue weighted by Gasteiger charge is 2.65. The molecule has 280 valence electrons. The van der Waals surface area contributed by atoms with Gasteiger partial charge in [0.2, 0.25) is 17.7 Å². The van der Waals surface area contributed by atoms with Gasteiger partial charge in [0, 0.05) is 15.1 Å². The van der Waals surface area contributed by atoms with Crippen molar-refractivity contribution in [2.45, 2.75) is 117 Å². The molecule has 15 nitrogen and oxygen atoms in total. The summed E-state index contributed by atoms with van der Waals surface area (Å²) in [5.74, 6) is -3.31. The number of nitrogens with zero attached hydrogens (tertiary/aromatic N) is 3. The van der Waals surface area contributed by atoms with Crippen LogP contribution in [0, 0.1) is 6.92 Å². The van der Waals surface area contributed by atoms with Crippen molar-refractivity contribution < 1.29 is 43.5 Å². The van der Waals surface area contributed by atoms with E-state index in [0.29, 0.717) is 29.2 Å². The number of aryl methyl sites for hydroxylation is 1. The lowest BCUT2D eigenvalue weighted by molar-refractivity contribution is -0.161. The Morgan fingerprint density at radius 2 is 1.38 bits per heavy atom. The Labute approximate surface area is 313 Å². The van der Waals surface area contributed by atoms with Gasteiger partial charge in [-0.15, -0.1) is 23.5 Å². The molecular weight excluding hydrogens is 736 g/mol. The number of carboxylic acids is 2. The Morgan fingerprint density at radius 3 is 1.88 bits per heavy atom. The Balaban J connectivity index is 0.000000183. The zero-order chi connectivity index (χ0) is 38.1. The summed E-state index contributed by atoms with van der Waals surface area (Å²) in [7, 11) is 0. The van der Waals surface area contributed by atoms with Crippen molar-refractivity contribution in [3.05, 3.63) is 40.6 Å². The Hall–Kier alpha value is -3.80. The number of nitrogens with one attached hydrogen (secondary N) is 2. The van der Waals surface area contributed by atoms with Gasteiger partial charge in [0.25, 0.3) is 5.91 Å². The maximum Gasteiger partial charge on any atom is 0.327 e. The number of benzene rings is 1. The van der Waals surface area contributed by atoms with Crippen LogP contribution >= 0.6 is 35.1 Å². The third kappa shape index (κ3) is 6.32. The van der Waals surface area contributed by atoms with Gasteiger partial charge in [-0.25, -0.2) is 9.59 Å². The molecule has 0 spiro atoms. The summed E-state index contributed by atoms with van der Waals surface area (Å²) in [5.41, 5.74) is 6.33. The smallest absolute Gasteiger partial charge is 0.327 e. The van der Waals surface area contributed by atoms with Crippen LogP contribution in [0.2, 0.25) is 5.02 Å². The van der Waals surface area contributed by atoms with E-state index in [2.05, 4.69) is 15.8 Å². The van der Waals surface area contributed by atoms with E-state index in [1.165, 1.54) is 33.3 Å². The molecule has 52 heavy (non-hydrogen) atoms. The summed E-state index contributed by atoms with van der Waals surface area (Å²) in [5, 5.41) is 28.0. The quantitative estimate of drug-likeness (QED) is 0.256. The van der Waals surface area contributed by atoms with Gasteiger partial charge in [-0.05, 0) is 53.5 Å². The molecule has 1 aliphatic carbocycles. The normalized spacial score (nSPS) is 29.1. The molecule has 1 aromatic heterocycles. The number of halogens is 1. The van der Waals surface area contributed by atoms with E-state index in [-0.39, 0.29) is 28.4 Å². The summed E-state index contributed by atoms with van der Waals surface area (Å²) in [6.07, 6.45) is 4.17. The number of nitrogens with two attached hydrogens (primary N) is 1. The maximum atomic E-state index is 13.0. The lowest BCUT2D eigenvalue weighted by Gasteiger charge is -2.45. The molecule has 0 bridgehead atoms. The lowest BCUT2D eigenvalue weighted by Crippen LogP contribution is -2.72. The van der Waals surface area contributed by atoms with Gasteiger partial charge in [-0.1, -0.05) is 54.2 Å². The minimum atomic E-state index is -1.06. The molecule has 5 fully saturated rings. The maximum absolute atomic E-state index is 13.0. The number of aromatic nitrogens is 1. The largest absolute Gasteiger partial charge is 0.480 e. The van der Waals surface area contributed by atoms with Gasteiger partial charge in [-0.2, -0.15) is 0 Å². The van der Waals surface area contributed by atoms with Crippen molar-refractivity contribution in [1.29, 1.82) is 0 Å². The van der Waals surface area contributed by atoms with Gasteiger partial charge in [0.15, 0.2) is 0 Å². The first-order chi connectivity index (χ1) is 24.3. The van der Waals surface area contributed by atoms with Crippen LogP contribution in [0.3, 0.4) is 0 Å². The van der Waals surface area contributed by atoms with Gasteiger partial charge >= 0.3 is 11.9 Å². The summed E-state index contributed by atoms with van der Waals surface area (Å²) in [6, 6.07) is 3.65. The zero-order valence-electron chi connectivity index (χ0n) is 29.2. The first-order valence-electron chi connectivity index (χ1n) is 16.9. The number of thioether (sulfide) groups is 2. The topological polar surface area (TPSA) is 225 Å². The average Bonchev–Trinajstić information content (AvgIpc) is 3.67. The highest BCUT2D eigenvalue weighted by atomic mass is 35.5. The first kappa shape index (κ1) is 37.9. The van der Waals surface area contributed by atoms with Crippen molar-refractivity contribution in [2.75, 3.05) is 0 Å². The number of carbonyl (C=O) groups excluding carboxylic acids is 4. The van der Waals surface area contributed by atoms with E-state index in [0.717, 1.165) is 19.3 Å². The van der Waals surface area contributed by atoms with Gasteiger partial charge in [0.05, 0.1) is 10.6 Å². The number of carbonyl (C=O) groups is 6. The van der Waals surface area contributed by atoms with E-state index in [1.807, 2.05) is 13.8 Å². The van der Waals surface area contributed by atoms with Crippen LogP contribution in [0.1, 0.15) is 75.9 Å². The third-order valence-electron chi connectivity index (χ3n) is 10.3. The zero-order valence-corrected chi connectivity index (χ0v) is 31.6. The average molecular weight is 777 g/mol. The van der Waals surface area contributed by atoms with Crippen LogP contribution in [0.4, 0.5) is 0 Å². The van der Waals surface area contributed by atoms with Crippen molar-refractivity contribution >= 4 is 70.7 Å². The number of hydrogen-bond acceptors (Lipinski definition) is 11. The van der Waals surface area contributed by atoms with Crippen LogP contribution < -0.4 is 16.4 Å². The molecule has 2 aromatic rings. The molecule has 1 aromatic carbocycles. The van der Waals surface area contributed by atoms with Crippen molar-refractivity contribution in [2.24, 2.45) is 5.73 Å². The van der Waals surface area contributed by atoms with E-state index >= 15 is 0 Å². The van der Waals surface area contributed by atoms with Crippen LogP contribution in [0.5, 0.6) is 0 Å². The molecule has 1 saturated carbocycles. The summed E-state index contributed by atoms with van der Waals surface area (Å²) < 4.78 is 3.96. The highest BCUT2D eigenvalue weighted by Crippen LogP contribution is 2.52. The Bertz CT molecular complexity index is 1850. The standard InChI is InChI=1S/C19H18ClN3O5S.C15H23N3O4S/c1-8-11(12(22-28-8)9-6-4-5-7-10(9)20)15(24)21-13-16(25)23-14(18(26)27)19(2,3)29-17(13)23;1-14(2)9(12(20)21)18-10(19)8(11(18)23-14)17-13(22)15(16)6-4-3-5-7-15/h4-7,13-14,17H,1-3H3,(H,21,24)(H,26,27);8-9,11H,3-7,16H2,1-2H3,(H,17,22)(H,20,21)/t13-,14+,17-;8-,9+,11-/m11/s1. The van der Waals surface area contributed by atoms with Crippen LogP contribution in [0.15, 0.2) is 28.8 Å². The predicted octanol–water partition coefficient (Wildman–Crippen LogP) is 2.83. The monoisotopic (exact) mass is 776 g/mol. The van der Waals surface area contributed by atoms with E-state index in [1.54, 1.807) is 45.0 Å². The Morgan fingerprint density at radius 1 is 0.885 bits per heavy atom. The molecule has 6 atom stereocenters. The Kier molecular flexibility index (Phi) is 9.89. The molecule has 7 rings (SSSR count). The van der Waals surface area contributed by atoms with E-state index in [9.17, 15) is 39.0 Å². The number of β-lactam (4-membered cyclic amide) rings is 2. The van der Waals surface area contributed by atoms with Gasteiger partial charge in [0.1, 0.15) is 51.9 Å². The number of carboxylic acid groups (broad SMARTS) is 2. The highest BCUT2D eigenvalue weighted by molar-refractivity contribution is 8.02. The first-order valence-corrected chi connectivity index (χ1v) is 19.0. The second-order valence-corrected chi connectivity index (χ2v) is 18.7. The third-order valence-corrected chi connectivity index (χ3v) is 13.8. The second-order valence-electron chi connectivity index (χ2n) is 14.8. The molecular formula is C34H41ClN6O9S2. The minimum Gasteiger partial charge on any atom is -0.480 e. The number of rotatable bonds is 7. The molecule has 0 unspecified atom stereocenters. The van der Waals surface area contributed by atoms with Crippen molar-refractivity contribution in [3.8, 4) is 11.3 Å². The van der Waals surface area contributed by atoms with Gasteiger partial charge < -0.3 is 40.9 Å². The molecule has 4 saturated heterocycles. The number of hydrogen-bond donors (Lipinski definition) is 5. The number of aliphatic carboxylic acids is 2. The van der Waals surface area contributed by atoms with Crippen molar-refractivity contribution in [3.63, 3.8) is 0 Å². The van der Waals surface area contributed by atoms with Crippen LogP contribution in [-0.2, 0) is 24.0 Å². The molecule has 4 amide bonds. The number of fused-ring (bicyclic) bond motifs is 2. The van der Waals surface area contributed by atoms with Crippen molar-refractivity contribution in [1.82, 2.24) is 25.6 Å². The molecule has 5 heterocycles. The molecule has 6 N–H and O–H groups in total. The predicted molar refractivity (Wildman–Crippen MR) is 192 cm³/mol. The molecule has 4 aliphatic heterocycles. The molecule has 0 radical (unpaired) electrons.